The molecule has 198 valence electrons. The second-order valence-corrected chi connectivity index (χ2v) is 12.6. The van der Waals surface area contributed by atoms with Crippen molar-refractivity contribution >= 4 is 0 Å². The van der Waals surface area contributed by atoms with Crippen molar-refractivity contribution in [2.45, 2.75) is 110 Å². The summed E-state index contributed by atoms with van der Waals surface area (Å²) in [5.74, 6) is -2.22. The van der Waals surface area contributed by atoms with Gasteiger partial charge in [0.15, 0.2) is 6.29 Å². The molecule has 2 heterocycles. The summed E-state index contributed by atoms with van der Waals surface area (Å²) in [5.41, 5.74) is 0.890. The van der Waals surface area contributed by atoms with Crippen LogP contribution in [0.15, 0.2) is 30.3 Å². The van der Waals surface area contributed by atoms with Crippen LogP contribution in [0, 0.1) is 10.8 Å². The predicted molar refractivity (Wildman–Crippen MR) is 131 cm³/mol. The van der Waals surface area contributed by atoms with E-state index in [9.17, 15) is 5.11 Å². The molecule has 0 amide bonds. The number of benzene rings is 1. The first-order valence-electron chi connectivity index (χ1n) is 13.0. The van der Waals surface area contributed by atoms with Gasteiger partial charge in [-0.1, -0.05) is 71.9 Å². The quantitative estimate of drug-likeness (QED) is 0.586. The molecule has 7 nitrogen and oxygen atoms in total. The van der Waals surface area contributed by atoms with Crippen LogP contribution in [0.25, 0.3) is 0 Å². The number of rotatable bonds is 7. The van der Waals surface area contributed by atoms with E-state index < -0.39 is 36.2 Å². The SMILES string of the molecule is CC(C)(C)CO[C@@]12CCCC[C@@]1(OCC(C)(C)C)O[C@H]1[C@@H](OCc3ccccc3)OC[C@H](O)[C@@H]1O2. The Morgan fingerprint density at radius 1 is 0.857 bits per heavy atom. The normalized spacial score (nSPS) is 35.9. The average Bonchev–Trinajstić information content (AvgIpc) is 2.80. The number of aliphatic hydroxyl groups is 1. The first-order valence-corrected chi connectivity index (χ1v) is 13.0. The standard InChI is InChI=1S/C28H44O7/c1-25(2,3)18-32-27-14-10-11-15-28(27,33-19-26(4,5)6)35-23-22(34-27)21(29)17-31-24(23)30-16-20-12-8-7-9-13-20/h7-9,12-13,21-24,29H,10-11,14-19H2,1-6H3/t21-,22-,23+,24-,27+,28+/m0/s1. The topological polar surface area (TPSA) is 75.6 Å². The van der Waals surface area contributed by atoms with Crippen LogP contribution < -0.4 is 0 Å². The summed E-state index contributed by atoms with van der Waals surface area (Å²) in [5, 5.41) is 10.9. The Morgan fingerprint density at radius 3 is 1.94 bits per heavy atom. The van der Waals surface area contributed by atoms with Gasteiger partial charge in [0, 0.05) is 12.8 Å². The molecule has 1 aromatic rings. The zero-order chi connectivity index (χ0) is 25.3. The van der Waals surface area contributed by atoms with Gasteiger partial charge in [0.2, 0.25) is 11.6 Å². The highest BCUT2D eigenvalue weighted by Gasteiger charge is 2.67. The van der Waals surface area contributed by atoms with Crippen molar-refractivity contribution in [1.82, 2.24) is 0 Å². The number of aliphatic hydroxyl groups excluding tert-OH is 1. The van der Waals surface area contributed by atoms with Crippen molar-refractivity contribution in [3.63, 3.8) is 0 Å². The van der Waals surface area contributed by atoms with Crippen LogP contribution in [-0.2, 0) is 35.0 Å². The smallest absolute Gasteiger partial charge is 0.224 e. The van der Waals surface area contributed by atoms with E-state index in [1.54, 1.807) is 0 Å². The van der Waals surface area contributed by atoms with Crippen LogP contribution in [0.1, 0.15) is 72.8 Å². The van der Waals surface area contributed by atoms with Crippen molar-refractivity contribution in [2.75, 3.05) is 19.8 Å². The van der Waals surface area contributed by atoms with Gasteiger partial charge in [-0.2, -0.15) is 0 Å². The van der Waals surface area contributed by atoms with Crippen molar-refractivity contribution in [3.05, 3.63) is 35.9 Å². The van der Waals surface area contributed by atoms with Crippen molar-refractivity contribution in [3.8, 4) is 0 Å². The molecule has 0 spiro atoms. The van der Waals surface area contributed by atoms with Crippen LogP contribution in [0.4, 0.5) is 0 Å². The third-order valence-corrected chi connectivity index (χ3v) is 6.63. The highest BCUT2D eigenvalue weighted by atomic mass is 16.8. The fraction of sp³-hybridized carbons (Fsp3) is 0.786. The molecule has 2 saturated heterocycles. The van der Waals surface area contributed by atoms with E-state index in [-0.39, 0.29) is 17.4 Å². The van der Waals surface area contributed by atoms with Crippen molar-refractivity contribution < 1.29 is 33.5 Å². The first kappa shape index (κ1) is 27.0. The highest BCUT2D eigenvalue weighted by Crippen LogP contribution is 2.52. The zero-order valence-electron chi connectivity index (χ0n) is 22.2. The lowest BCUT2D eigenvalue weighted by atomic mass is 9.83. The van der Waals surface area contributed by atoms with Gasteiger partial charge >= 0.3 is 0 Å². The Labute approximate surface area is 210 Å². The Morgan fingerprint density at radius 2 is 1.40 bits per heavy atom. The number of fused-ring (bicyclic) bond motifs is 2. The van der Waals surface area contributed by atoms with Gasteiger partial charge < -0.3 is 33.5 Å². The molecule has 0 radical (unpaired) electrons. The Bertz CT molecular complexity index is 817. The molecule has 1 saturated carbocycles. The largest absolute Gasteiger partial charge is 0.388 e. The Hall–Kier alpha value is -1.06. The molecule has 1 aromatic carbocycles. The maximum absolute atomic E-state index is 10.9. The van der Waals surface area contributed by atoms with E-state index in [0.717, 1.165) is 18.4 Å². The molecule has 2 aliphatic heterocycles. The third-order valence-electron chi connectivity index (χ3n) is 6.63. The molecule has 6 atom stereocenters. The summed E-state index contributed by atoms with van der Waals surface area (Å²) < 4.78 is 38.9. The molecule has 3 fully saturated rings. The third kappa shape index (κ3) is 6.27. The van der Waals surface area contributed by atoms with Gasteiger partial charge in [-0.15, -0.1) is 0 Å². The predicted octanol–water partition coefficient (Wildman–Crippen LogP) is 4.80. The molecular formula is C28H44O7. The van der Waals surface area contributed by atoms with E-state index in [0.29, 0.717) is 32.7 Å². The molecule has 1 N–H and O–H groups in total. The summed E-state index contributed by atoms with van der Waals surface area (Å²) >= 11 is 0. The summed E-state index contributed by atoms with van der Waals surface area (Å²) in [4.78, 5) is 0. The minimum Gasteiger partial charge on any atom is -0.388 e. The molecule has 35 heavy (non-hydrogen) atoms. The van der Waals surface area contributed by atoms with Gasteiger partial charge in [0.25, 0.3) is 0 Å². The molecule has 4 rings (SSSR count). The minimum atomic E-state index is -1.11. The van der Waals surface area contributed by atoms with Gasteiger partial charge in [-0.25, -0.2) is 0 Å². The molecular weight excluding hydrogens is 448 g/mol. The van der Waals surface area contributed by atoms with E-state index in [1.807, 2.05) is 30.3 Å². The molecule has 0 bridgehead atoms. The van der Waals surface area contributed by atoms with E-state index in [4.69, 9.17) is 28.4 Å². The second-order valence-electron chi connectivity index (χ2n) is 12.6. The summed E-state index contributed by atoms with van der Waals surface area (Å²) in [6.45, 7) is 14.2. The average molecular weight is 493 g/mol. The number of hydrogen-bond acceptors (Lipinski definition) is 7. The molecule has 3 aliphatic rings. The van der Waals surface area contributed by atoms with Crippen LogP contribution in [0.5, 0.6) is 0 Å². The van der Waals surface area contributed by atoms with Crippen molar-refractivity contribution in [2.24, 2.45) is 10.8 Å². The molecule has 7 heteroatoms. The zero-order valence-corrected chi connectivity index (χ0v) is 22.2. The van der Waals surface area contributed by atoms with E-state index in [2.05, 4.69) is 41.5 Å². The fourth-order valence-electron chi connectivity index (χ4n) is 4.85. The summed E-state index contributed by atoms with van der Waals surface area (Å²) in [7, 11) is 0. The lowest BCUT2D eigenvalue weighted by molar-refractivity contribution is -0.506. The van der Waals surface area contributed by atoms with E-state index >= 15 is 0 Å². The minimum absolute atomic E-state index is 0.0716. The van der Waals surface area contributed by atoms with Crippen LogP contribution >= 0.6 is 0 Å². The first-order chi connectivity index (χ1) is 16.4. The Balaban J connectivity index is 1.63. The highest BCUT2D eigenvalue weighted by molar-refractivity contribution is 5.13. The lowest BCUT2D eigenvalue weighted by Crippen LogP contribution is -2.74. The van der Waals surface area contributed by atoms with Gasteiger partial charge in [-0.05, 0) is 29.2 Å². The molecule has 1 aliphatic carbocycles. The molecule has 0 unspecified atom stereocenters. The summed E-state index contributed by atoms with van der Waals surface area (Å²) in [6.07, 6.45) is 0.310. The monoisotopic (exact) mass is 492 g/mol. The second kappa shape index (κ2) is 10.4. The van der Waals surface area contributed by atoms with Gasteiger partial charge in [-0.3, -0.25) is 0 Å². The number of ether oxygens (including phenoxy) is 6. The van der Waals surface area contributed by atoms with Crippen LogP contribution in [0.2, 0.25) is 0 Å². The molecule has 0 aromatic heterocycles. The lowest BCUT2D eigenvalue weighted by Gasteiger charge is -2.60. The fourth-order valence-corrected chi connectivity index (χ4v) is 4.85. The maximum atomic E-state index is 10.9. The van der Waals surface area contributed by atoms with Crippen LogP contribution in [0.3, 0.4) is 0 Å². The van der Waals surface area contributed by atoms with Crippen LogP contribution in [-0.4, -0.2) is 61.1 Å². The Kier molecular flexibility index (Phi) is 7.99. The number of hydrogen-bond donors (Lipinski definition) is 1. The van der Waals surface area contributed by atoms with E-state index in [1.165, 1.54) is 0 Å². The van der Waals surface area contributed by atoms with Gasteiger partial charge in [0.1, 0.15) is 18.3 Å². The van der Waals surface area contributed by atoms with Gasteiger partial charge in [0.05, 0.1) is 26.4 Å². The van der Waals surface area contributed by atoms with Crippen molar-refractivity contribution in [1.29, 1.82) is 0 Å². The summed E-state index contributed by atoms with van der Waals surface area (Å²) in [6, 6.07) is 9.94. The maximum Gasteiger partial charge on any atom is 0.224 e.